The van der Waals surface area contributed by atoms with Crippen LogP contribution in [0.25, 0.3) is 0 Å². The number of non-ortho nitro benzene ring substituents is 1. The Morgan fingerprint density at radius 2 is 2.20 bits per heavy atom. The van der Waals surface area contributed by atoms with E-state index < -0.39 is 16.9 Å². The highest BCUT2D eigenvalue weighted by Gasteiger charge is 2.20. The zero-order chi connectivity index (χ0) is 11.6. The van der Waals surface area contributed by atoms with Gasteiger partial charge >= 0.3 is 5.97 Å². The standard InChI is InChI=1S/C8H7ClN2O4/c9-6-2-1-4(11(14)15)3-5(6)7(10)8(12)13/h1-3,7H,10H2,(H,12,13)/t7-/m1/s1. The lowest BCUT2D eigenvalue weighted by Gasteiger charge is -2.08. The fourth-order valence-electron chi connectivity index (χ4n) is 1.02. The molecule has 0 saturated carbocycles. The van der Waals surface area contributed by atoms with Crippen molar-refractivity contribution in [2.24, 2.45) is 5.73 Å². The largest absolute Gasteiger partial charge is 0.480 e. The number of benzene rings is 1. The molecule has 1 aromatic carbocycles. The van der Waals surface area contributed by atoms with Crippen LogP contribution in [0.15, 0.2) is 18.2 Å². The van der Waals surface area contributed by atoms with Gasteiger partial charge in [-0.25, -0.2) is 0 Å². The van der Waals surface area contributed by atoms with Crippen molar-refractivity contribution in [1.29, 1.82) is 0 Å². The van der Waals surface area contributed by atoms with E-state index >= 15 is 0 Å². The van der Waals surface area contributed by atoms with Crippen LogP contribution in [0.4, 0.5) is 5.69 Å². The number of carbonyl (C=O) groups is 1. The fourth-order valence-corrected chi connectivity index (χ4v) is 1.25. The number of aliphatic carboxylic acids is 1. The second-order valence-electron chi connectivity index (χ2n) is 2.78. The highest BCUT2D eigenvalue weighted by molar-refractivity contribution is 6.31. The monoisotopic (exact) mass is 230 g/mol. The van der Waals surface area contributed by atoms with Crippen LogP contribution in [-0.2, 0) is 4.79 Å². The number of hydrogen-bond donors (Lipinski definition) is 2. The van der Waals surface area contributed by atoms with E-state index in [0.29, 0.717) is 0 Å². The predicted molar refractivity (Wildman–Crippen MR) is 52.7 cm³/mol. The molecule has 0 heterocycles. The SMILES string of the molecule is N[C@@H](C(=O)O)c1cc([N+](=O)[O-])ccc1Cl. The number of nitrogens with two attached hydrogens (primary N) is 1. The summed E-state index contributed by atoms with van der Waals surface area (Å²) in [6, 6.07) is 2.12. The van der Waals surface area contributed by atoms with E-state index in [1.807, 2.05) is 0 Å². The molecule has 0 bridgehead atoms. The van der Waals surface area contributed by atoms with E-state index in [4.69, 9.17) is 22.4 Å². The van der Waals surface area contributed by atoms with Crippen LogP contribution in [0.1, 0.15) is 11.6 Å². The molecule has 0 radical (unpaired) electrons. The Morgan fingerprint density at radius 3 is 2.67 bits per heavy atom. The average Bonchev–Trinajstić information content (AvgIpc) is 2.16. The number of carboxylic acid groups (broad SMARTS) is 1. The fraction of sp³-hybridized carbons (Fsp3) is 0.125. The summed E-state index contributed by atoms with van der Waals surface area (Å²) in [6.07, 6.45) is 0. The maximum absolute atomic E-state index is 10.6. The van der Waals surface area contributed by atoms with Gasteiger partial charge in [0.2, 0.25) is 0 Å². The van der Waals surface area contributed by atoms with E-state index in [-0.39, 0.29) is 16.3 Å². The van der Waals surface area contributed by atoms with Crippen LogP contribution in [0.2, 0.25) is 5.02 Å². The Kier molecular flexibility index (Phi) is 3.23. The van der Waals surface area contributed by atoms with Gasteiger partial charge in [-0.15, -0.1) is 0 Å². The lowest BCUT2D eigenvalue weighted by molar-refractivity contribution is -0.384. The summed E-state index contributed by atoms with van der Waals surface area (Å²) in [5, 5.41) is 19.2. The molecule has 0 saturated heterocycles. The van der Waals surface area contributed by atoms with E-state index in [0.717, 1.165) is 6.07 Å². The van der Waals surface area contributed by atoms with Gasteiger partial charge < -0.3 is 10.8 Å². The van der Waals surface area contributed by atoms with Crippen molar-refractivity contribution in [1.82, 2.24) is 0 Å². The molecule has 0 aliphatic heterocycles. The first kappa shape index (κ1) is 11.4. The van der Waals surface area contributed by atoms with Crippen LogP contribution in [0.3, 0.4) is 0 Å². The number of nitrogens with zero attached hydrogens (tertiary/aromatic N) is 1. The third kappa shape index (κ3) is 2.42. The lowest BCUT2D eigenvalue weighted by Crippen LogP contribution is -2.21. The predicted octanol–water partition coefficient (Wildman–Crippen LogP) is 1.33. The van der Waals surface area contributed by atoms with Gasteiger partial charge in [0.05, 0.1) is 4.92 Å². The average molecular weight is 231 g/mol. The molecule has 0 amide bonds. The summed E-state index contributed by atoms with van der Waals surface area (Å²) in [7, 11) is 0. The van der Waals surface area contributed by atoms with Crippen molar-refractivity contribution in [2.75, 3.05) is 0 Å². The molecule has 0 unspecified atom stereocenters. The summed E-state index contributed by atoms with van der Waals surface area (Å²) >= 11 is 5.67. The Balaban J connectivity index is 3.22. The normalized spacial score (nSPS) is 12.1. The van der Waals surface area contributed by atoms with Crippen molar-refractivity contribution in [3.63, 3.8) is 0 Å². The Bertz CT molecular complexity index is 421. The van der Waals surface area contributed by atoms with Crippen LogP contribution in [-0.4, -0.2) is 16.0 Å². The molecule has 3 N–H and O–H groups in total. The maximum Gasteiger partial charge on any atom is 0.325 e. The lowest BCUT2D eigenvalue weighted by atomic mass is 10.1. The highest BCUT2D eigenvalue weighted by atomic mass is 35.5. The Hall–Kier alpha value is -1.66. The molecule has 0 fully saturated rings. The first-order valence-corrected chi connectivity index (χ1v) is 4.23. The molecule has 0 aliphatic carbocycles. The number of nitro groups is 1. The first-order valence-electron chi connectivity index (χ1n) is 3.85. The van der Waals surface area contributed by atoms with E-state index in [2.05, 4.69) is 0 Å². The minimum Gasteiger partial charge on any atom is -0.480 e. The van der Waals surface area contributed by atoms with Gasteiger partial charge in [-0.1, -0.05) is 11.6 Å². The van der Waals surface area contributed by atoms with Crippen LogP contribution >= 0.6 is 11.6 Å². The van der Waals surface area contributed by atoms with Crippen LogP contribution in [0.5, 0.6) is 0 Å². The number of nitro benzene ring substituents is 1. The zero-order valence-corrected chi connectivity index (χ0v) is 8.14. The van der Waals surface area contributed by atoms with Gasteiger partial charge in [-0.05, 0) is 6.07 Å². The van der Waals surface area contributed by atoms with Crippen LogP contribution in [0, 0.1) is 10.1 Å². The van der Waals surface area contributed by atoms with Gasteiger partial charge in [0.15, 0.2) is 0 Å². The van der Waals surface area contributed by atoms with Crippen molar-refractivity contribution in [3.8, 4) is 0 Å². The van der Waals surface area contributed by atoms with Gasteiger partial charge in [-0.2, -0.15) is 0 Å². The van der Waals surface area contributed by atoms with Gasteiger partial charge in [-0.3, -0.25) is 14.9 Å². The van der Waals surface area contributed by atoms with Crippen molar-refractivity contribution in [3.05, 3.63) is 38.9 Å². The summed E-state index contributed by atoms with van der Waals surface area (Å²) in [6.45, 7) is 0. The summed E-state index contributed by atoms with van der Waals surface area (Å²) < 4.78 is 0. The molecule has 1 aromatic rings. The number of halogens is 1. The number of hydrogen-bond acceptors (Lipinski definition) is 4. The van der Waals surface area contributed by atoms with Crippen molar-refractivity contribution in [2.45, 2.75) is 6.04 Å². The maximum atomic E-state index is 10.6. The molecular weight excluding hydrogens is 224 g/mol. The molecule has 0 spiro atoms. The smallest absolute Gasteiger partial charge is 0.325 e. The molecule has 1 rings (SSSR count). The molecule has 0 aliphatic rings. The summed E-state index contributed by atoms with van der Waals surface area (Å²) in [5.74, 6) is -1.29. The van der Waals surface area contributed by atoms with Gasteiger partial charge in [0.1, 0.15) is 6.04 Å². The molecule has 0 aromatic heterocycles. The summed E-state index contributed by atoms with van der Waals surface area (Å²) in [5.41, 5.74) is 5.08. The molecule has 1 atom stereocenters. The Labute approximate surface area is 89.4 Å². The third-order valence-corrected chi connectivity index (χ3v) is 2.14. The van der Waals surface area contributed by atoms with E-state index in [1.54, 1.807) is 0 Å². The third-order valence-electron chi connectivity index (χ3n) is 1.79. The molecule has 80 valence electrons. The molecule has 7 heteroatoms. The van der Waals surface area contributed by atoms with E-state index in [9.17, 15) is 14.9 Å². The van der Waals surface area contributed by atoms with Gasteiger partial charge in [0.25, 0.3) is 5.69 Å². The number of rotatable bonds is 3. The summed E-state index contributed by atoms with van der Waals surface area (Å²) in [4.78, 5) is 20.4. The number of carboxylic acids is 1. The Morgan fingerprint density at radius 1 is 1.60 bits per heavy atom. The minimum absolute atomic E-state index is 0.0263. The second kappa shape index (κ2) is 4.24. The van der Waals surface area contributed by atoms with Crippen LogP contribution < -0.4 is 5.73 Å². The van der Waals surface area contributed by atoms with E-state index in [1.165, 1.54) is 12.1 Å². The molecule has 6 nitrogen and oxygen atoms in total. The zero-order valence-electron chi connectivity index (χ0n) is 7.38. The molecule has 15 heavy (non-hydrogen) atoms. The highest BCUT2D eigenvalue weighted by Crippen LogP contribution is 2.26. The molecular formula is C8H7ClN2O4. The topological polar surface area (TPSA) is 106 Å². The van der Waals surface area contributed by atoms with Gasteiger partial charge in [0, 0.05) is 22.7 Å². The van der Waals surface area contributed by atoms with Crippen molar-refractivity contribution >= 4 is 23.3 Å². The quantitative estimate of drug-likeness (QED) is 0.602. The minimum atomic E-state index is -1.36. The van der Waals surface area contributed by atoms with Crippen molar-refractivity contribution < 1.29 is 14.8 Å². The second-order valence-corrected chi connectivity index (χ2v) is 3.19. The first-order chi connectivity index (χ1) is 6.93.